The third-order valence-corrected chi connectivity index (χ3v) is 4.90. The van der Waals surface area contributed by atoms with Gasteiger partial charge in [0.05, 0.1) is 5.69 Å². The van der Waals surface area contributed by atoms with E-state index in [0.717, 1.165) is 30.0 Å². The quantitative estimate of drug-likeness (QED) is 0.713. The van der Waals surface area contributed by atoms with Crippen LogP contribution in [0.25, 0.3) is 11.1 Å². The Kier molecular flexibility index (Phi) is 4.36. The molecule has 4 rings (SSSR count). The van der Waals surface area contributed by atoms with Gasteiger partial charge in [0.1, 0.15) is 17.5 Å². The summed E-state index contributed by atoms with van der Waals surface area (Å²) in [5, 5.41) is 4.91. The summed E-state index contributed by atoms with van der Waals surface area (Å²) in [5.74, 6) is 0.861. The van der Waals surface area contributed by atoms with Gasteiger partial charge in [-0.15, -0.1) is 0 Å². The summed E-state index contributed by atoms with van der Waals surface area (Å²) >= 11 is 0. The third kappa shape index (κ3) is 3.22. The van der Waals surface area contributed by atoms with Crippen molar-refractivity contribution in [2.45, 2.75) is 32.9 Å². The molecule has 1 aliphatic rings. The maximum Gasteiger partial charge on any atom is 0.263 e. The van der Waals surface area contributed by atoms with E-state index in [-0.39, 0.29) is 0 Å². The largest absolute Gasteiger partial charge is 0.355 e. The van der Waals surface area contributed by atoms with Crippen molar-refractivity contribution in [2.75, 3.05) is 25.0 Å². The molecule has 6 nitrogen and oxygen atoms in total. The molecule has 1 saturated heterocycles. The lowest BCUT2D eigenvalue weighted by molar-refractivity contribution is 0.330. The number of hydrogen-bond acceptors (Lipinski definition) is 6. The highest BCUT2D eigenvalue weighted by Crippen LogP contribution is 2.27. The van der Waals surface area contributed by atoms with E-state index in [4.69, 9.17) is 4.52 Å². The SMILES string of the molecule is Cc1noc2ncnc(N(C)Cc3ccccc3CN3CCCC3)c12. The van der Waals surface area contributed by atoms with E-state index < -0.39 is 0 Å². The first-order valence-corrected chi connectivity index (χ1v) is 8.79. The monoisotopic (exact) mass is 337 g/mol. The number of hydrogen-bond donors (Lipinski definition) is 0. The molecule has 0 saturated carbocycles. The maximum absolute atomic E-state index is 5.27. The van der Waals surface area contributed by atoms with E-state index in [9.17, 15) is 0 Å². The third-order valence-electron chi connectivity index (χ3n) is 4.90. The molecular formula is C19H23N5O. The van der Waals surface area contributed by atoms with Crippen LogP contribution in [-0.2, 0) is 13.1 Å². The van der Waals surface area contributed by atoms with Crippen molar-refractivity contribution < 1.29 is 4.52 Å². The van der Waals surface area contributed by atoms with Crippen molar-refractivity contribution in [2.24, 2.45) is 0 Å². The van der Waals surface area contributed by atoms with E-state index in [2.05, 4.69) is 56.2 Å². The molecular weight excluding hydrogens is 314 g/mol. The molecule has 0 radical (unpaired) electrons. The van der Waals surface area contributed by atoms with Crippen molar-refractivity contribution in [3.63, 3.8) is 0 Å². The van der Waals surface area contributed by atoms with Crippen LogP contribution in [0.3, 0.4) is 0 Å². The Morgan fingerprint density at radius 1 is 1.12 bits per heavy atom. The van der Waals surface area contributed by atoms with Crippen molar-refractivity contribution in [1.82, 2.24) is 20.0 Å². The van der Waals surface area contributed by atoms with Crippen LogP contribution >= 0.6 is 0 Å². The van der Waals surface area contributed by atoms with Crippen LogP contribution in [0.1, 0.15) is 29.7 Å². The summed E-state index contributed by atoms with van der Waals surface area (Å²) in [4.78, 5) is 13.3. The number of rotatable bonds is 5. The van der Waals surface area contributed by atoms with Crippen LogP contribution in [0.2, 0.25) is 0 Å². The van der Waals surface area contributed by atoms with E-state index in [1.807, 2.05) is 6.92 Å². The molecule has 130 valence electrons. The number of aromatic nitrogens is 3. The lowest BCUT2D eigenvalue weighted by atomic mass is 10.1. The van der Waals surface area contributed by atoms with Crippen LogP contribution in [0.5, 0.6) is 0 Å². The number of aryl methyl sites for hydroxylation is 1. The fourth-order valence-electron chi connectivity index (χ4n) is 3.57. The average molecular weight is 337 g/mol. The molecule has 1 fully saturated rings. The van der Waals surface area contributed by atoms with Crippen molar-refractivity contribution in [1.29, 1.82) is 0 Å². The first kappa shape index (κ1) is 16.0. The second-order valence-electron chi connectivity index (χ2n) is 6.75. The molecule has 1 aromatic carbocycles. The van der Waals surface area contributed by atoms with Gasteiger partial charge >= 0.3 is 0 Å². The molecule has 0 amide bonds. The summed E-state index contributed by atoms with van der Waals surface area (Å²) in [7, 11) is 2.06. The molecule has 6 heteroatoms. The Bertz CT molecular complexity index is 869. The minimum atomic E-state index is 0.541. The highest BCUT2D eigenvalue weighted by atomic mass is 16.5. The molecule has 0 aliphatic carbocycles. The standard InChI is InChI=1S/C19H23N5O/c1-14-17-18(20-13-21-19(17)25-22-14)23(2)11-15-7-3-4-8-16(15)12-24-9-5-6-10-24/h3-4,7-8,13H,5-6,9-12H2,1-2H3. The van der Waals surface area contributed by atoms with Crippen LogP contribution < -0.4 is 4.90 Å². The highest BCUT2D eigenvalue weighted by molar-refractivity contribution is 5.87. The molecule has 0 spiro atoms. The lowest BCUT2D eigenvalue weighted by Gasteiger charge is -2.22. The van der Waals surface area contributed by atoms with Gasteiger partial charge in [-0.25, -0.2) is 4.98 Å². The first-order chi connectivity index (χ1) is 12.2. The van der Waals surface area contributed by atoms with Gasteiger partial charge in [-0.1, -0.05) is 29.4 Å². The zero-order chi connectivity index (χ0) is 17.2. The first-order valence-electron chi connectivity index (χ1n) is 8.79. The van der Waals surface area contributed by atoms with E-state index in [0.29, 0.717) is 5.71 Å². The van der Waals surface area contributed by atoms with Crippen molar-refractivity contribution in [3.8, 4) is 0 Å². The van der Waals surface area contributed by atoms with Gasteiger partial charge in [0.2, 0.25) is 0 Å². The Balaban J connectivity index is 1.60. The molecule has 1 aliphatic heterocycles. The second-order valence-corrected chi connectivity index (χ2v) is 6.75. The van der Waals surface area contributed by atoms with Gasteiger partial charge in [-0.3, -0.25) is 4.90 Å². The summed E-state index contributed by atoms with van der Waals surface area (Å²) < 4.78 is 5.27. The fraction of sp³-hybridized carbons (Fsp3) is 0.421. The van der Waals surface area contributed by atoms with Gasteiger partial charge in [0.15, 0.2) is 0 Å². The molecule has 0 bridgehead atoms. The number of nitrogens with zero attached hydrogens (tertiary/aromatic N) is 5. The minimum Gasteiger partial charge on any atom is -0.355 e. The second kappa shape index (κ2) is 6.80. The van der Waals surface area contributed by atoms with Gasteiger partial charge in [0.25, 0.3) is 5.71 Å². The fourth-order valence-corrected chi connectivity index (χ4v) is 3.57. The molecule has 25 heavy (non-hydrogen) atoms. The lowest BCUT2D eigenvalue weighted by Crippen LogP contribution is -2.22. The van der Waals surface area contributed by atoms with Gasteiger partial charge in [-0.2, -0.15) is 4.98 Å². The average Bonchev–Trinajstić information content (AvgIpc) is 3.27. The van der Waals surface area contributed by atoms with E-state index >= 15 is 0 Å². The Hall–Kier alpha value is -2.47. The Morgan fingerprint density at radius 2 is 1.88 bits per heavy atom. The normalized spacial score (nSPS) is 15.1. The molecule has 3 heterocycles. The van der Waals surface area contributed by atoms with Crippen molar-refractivity contribution in [3.05, 3.63) is 47.4 Å². The Labute approximate surface area is 147 Å². The summed E-state index contributed by atoms with van der Waals surface area (Å²) in [6, 6.07) is 8.68. The van der Waals surface area contributed by atoms with Crippen LogP contribution in [0, 0.1) is 6.92 Å². The predicted molar refractivity (Wildman–Crippen MR) is 97.4 cm³/mol. The highest BCUT2D eigenvalue weighted by Gasteiger charge is 2.17. The predicted octanol–water partition coefficient (Wildman–Crippen LogP) is 3.16. The van der Waals surface area contributed by atoms with Crippen LogP contribution in [0.15, 0.2) is 35.1 Å². The summed E-state index contributed by atoms with van der Waals surface area (Å²) in [5.41, 5.74) is 4.09. The summed E-state index contributed by atoms with van der Waals surface area (Å²) in [6.07, 6.45) is 4.16. The van der Waals surface area contributed by atoms with E-state index in [1.165, 1.54) is 43.4 Å². The van der Waals surface area contributed by atoms with Crippen molar-refractivity contribution >= 4 is 16.9 Å². The number of benzene rings is 1. The summed E-state index contributed by atoms with van der Waals surface area (Å²) in [6.45, 7) is 6.15. The number of anilines is 1. The molecule has 0 unspecified atom stereocenters. The van der Waals surface area contributed by atoms with Crippen LogP contribution in [-0.4, -0.2) is 40.2 Å². The minimum absolute atomic E-state index is 0.541. The molecule has 0 atom stereocenters. The maximum atomic E-state index is 5.27. The number of fused-ring (bicyclic) bond motifs is 1. The molecule has 3 aromatic rings. The molecule has 2 aromatic heterocycles. The molecule has 0 N–H and O–H groups in total. The topological polar surface area (TPSA) is 58.3 Å². The van der Waals surface area contributed by atoms with E-state index in [1.54, 1.807) is 0 Å². The van der Waals surface area contributed by atoms with Crippen LogP contribution in [0.4, 0.5) is 5.82 Å². The smallest absolute Gasteiger partial charge is 0.263 e. The van der Waals surface area contributed by atoms with Gasteiger partial charge in [0, 0.05) is 20.1 Å². The zero-order valence-corrected chi connectivity index (χ0v) is 14.8. The zero-order valence-electron chi connectivity index (χ0n) is 14.8. The number of likely N-dealkylation sites (tertiary alicyclic amines) is 1. The Morgan fingerprint density at radius 3 is 2.68 bits per heavy atom. The van der Waals surface area contributed by atoms with Gasteiger partial charge in [-0.05, 0) is 44.0 Å². The van der Waals surface area contributed by atoms with Gasteiger partial charge < -0.3 is 9.42 Å².